The highest BCUT2D eigenvalue weighted by Gasteiger charge is 2.30. The maximum absolute atomic E-state index is 12.0. The summed E-state index contributed by atoms with van der Waals surface area (Å²) < 4.78 is 29.7. The van der Waals surface area contributed by atoms with Gasteiger partial charge in [-0.3, -0.25) is 14.5 Å². The molecule has 20 heavy (non-hydrogen) atoms. The molecule has 1 aliphatic heterocycles. The molecule has 8 nitrogen and oxygen atoms in total. The Morgan fingerprint density at radius 1 is 1.25 bits per heavy atom. The van der Waals surface area contributed by atoms with E-state index in [9.17, 15) is 18.0 Å². The van der Waals surface area contributed by atoms with Gasteiger partial charge in [0.2, 0.25) is 10.0 Å². The Bertz CT molecular complexity index is 456. The highest BCUT2D eigenvalue weighted by atomic mass is 32.2. The van der Waals surface area contributed by atoms with E-state index in [4.69, 9.17) is 5.11 Å². The summed E-state index contributed by atoms with van der Waals surface area (Å²) in [7, 11) is -2.29. The number of carbonyl (C=O) groups is 2. The van der Waals surface area contributed by atoms with Crippen LogP contribution in [0.1, 0.15) is 13.3 Å². The Morgan fingerprint density at radius 2 is 1.80 bits per heavy atom. The highest BCUT2D eigenvalue weighted by Crippen LogP contribution is 2.11. The predicted octanol–water partition coefficient (Wildman–Crippen LogP) is -1.03. The summed E-state index contributed by atoms with van der Waals surface area (Å²) in [5, 5.41) is 8.91. The van der Waals surface area contributed by atoms with Crippen molar-refractivity contribution in [1.82, 2.24) is 9.21 Å². The molecule has 1 aliphatic rings. The zero-order chi connectivity index (χ0) is 15.3. The summed E-state index contributed by atoms with van der Waals surface area (Å²) in [6.45, 7) is 2.78. The van der Waals surface area contributed by atoms with Gasteiger partial charge in [0.25, 0.3) is 0 Å². The van der Waals surface area contributed by atoms with Crippen LogP contribution in [-0.4, -0.2) is 79.8 Å². The van der Waals surface area contributed by atoms with Gasteiger partial charge in [0.15, 0.2) is 0 Å². The molecule has 0 aromatic carbocycles. The topological polar surface area (TPSA) is 104 Å². The molecule has 0 aromatic rings. The molecule has 116 valence electrons. The monoisotopic (exact) mass is 308 g/mol. The number of hydrogen-bond acceptors (Lipinski definition) is 6. The Hall–Kier alpha value is -1.19. The molecule has 9 heteroatoms. The van der Waals surface area contributed by atoms with E-state index in [1.54, 1.807) is 11.8 Å². The van der Waals surface area contributed by atoms with Crippen molar-refractivity contribution in [2.24, 2.45) is 0 Å². The van der Waals surface area contributed by atoms with Gasteiger partial charge in [-0.25, -0.2) is 8.42 Å². The summed E-state index contributed by atoms with van der Waals surface area (Å²) in [6, 6.07) is -0.630. The van der Waals surface area contributed by atoms with Crippen LogP contribution in [-0.2, 0) is 24.3 Å². The number of aliphatic carboxylic acids is 1. The fourth-order valence-electron chi connectivity index (χ4n) is 1.97. The van der Waals surface area contributed by atoms with Crippen molar-refractivity contribution in [2.75, 3.05) is 39.0 Å². The standard InChI is InChI=1S/C11H20N2O6S/c1-9(11(15)16)12-4-6-13(7-5-12)20(17,18)8-3-10(14)19-2/h9H,3-8H2,1-2H3,(H,15,16). The van der Waals surface area contributed by atoms with E-state index in [1.165, 1.54) is 11.4 Å². The molecule has 0 saturated carbocycles. The molecule has 0 amide bonds. The summed E-state index contributed by atoms with van der Waals surface area (Å²) in [5.74, 6) is -1.77. The van der Waals surface area contributed by atoms with Gasteiger partial charge in [-0.15, -0.1) is 0 Å². The largest absolute Gasteiger partial charge is 0.480 e. The van der Waals surface area contributed by atoms with Gasteiger partial charge in [-0.1, -0.05) is 0 Å². The third kappa shape index (κ3) is 4.43. The first-order valence-corrected chi connectivity index (χ1v) is 7.90. The molecule has 0 radical (unpaired) electrons. The van der Waals surface area contributed by atoms with E-state index in [1.807, 2.05) is 0 Å². The molecule has 1 fully saturated rings. The normalized spacial score (nSPS) is 19.5. The summed E-state index contributed by atoms with van der Waals surface area (Å²) >= 11 is 0. The lowest BCUT2D eigenvalue weighted by Crippen LogP contribution is -2.53. The highest BCUT2D eigenvalue weighted by molar-refractivity contribution is 7.89. The number of methoxy groups -OCH3 is 1. The Kier molecular flexibility index (Phi) is 5.90. The average Bonchev–Trinajstić information content (AvgIpc) is 2.44. The fourth-order valence-corrected chi connectivity index (χ4v) is 3.37. The third-order valence-corrected chi connectivity index (χ3v) is 5.24. The quantitative estimate of drug-likeness (QED) is 0.626. The Morgan fingerprint density at radius 3 is 2.25 bits per heavy atom. The Balaban J connectivity index is 2.52. The van der Waals surface area contributed by atoms with Crippen LogP contribution in [0.2, 0.25) is 0 Å². The maximum Gasteiger partial charge on any atom is 0.320 e. The van der Waals surface area contributed by atoms with Crippen molar-refractivity contribution >= 4 is 22.0 Å². The number of sulfonamides is 1. The summed E-state index contributed by atoms with van der Waals surface area (Å²) in [5.41, 5.74) is 0. The fraction of sp³-hybridized carbons (Fsp3) is 0.818. The molecule has 1 heterocycles. The molecule has 1 N–H and O–H groups in total. The van der Waals surface area contributed by atoms with Crippen molar-refractivity contribution in [2.45, 2.75) is 19.4 Å². The molecule has 1 rings (SSSR count). The van der Waals surface area contributed by atoms with E-state index in [0.717, 1.165) is 0 Å². The van der Waals surface area contributed by atoms with E-state index in [2.05, 4.69) is 4.74 Å². The molecule has 1 saturated heterocycles. The SMILES string of the molecule is COC(=O)CCS(=O)(=O)N1CCN(C(C)C(=O)O)CC1. The van der Waals surface area contributed by atoms with Crippen molar-refractivity contribution in [3.8, 4) is 0 Å². The van der Waals surface area contributed by atoms with Crippen molar-refractivity contribution in [3.63, 3.8) is 0 Å². The van der Waals surface area contributed by atoms with Crippen LogP contribution in [0.25, 0.3) is 0 Å². The van der Waals surface area contributed by atoms with E-state index >= 15 is 0 Å². The van der Waals surface area contributed by atoms with Gasteiger partial charge >= 0.3 is 11.9 Å². The van der Waals surface area contributed by atoms with Crippen LogP contribution in [0.3, 0.4) is 0 Å². The number of nitrogens with zero attached hydrogens (tertiary/aromatic N) is 2. The van der Waals surface area contributed by atoms with E-state index in [0.29, 0.717) is 13.1 Å². The first kappa shape index (κ1) is 16.9. The minimum atomic E-state index is -3.50. The lowest BCUT2D eigenvalue weighted by atomic mass is 10.2. The lowest BCUT2D eigenvalue weighted by molar-refractivity contribution is -0.143. The second kappa shape index (κ2) is 7.00. The van der Waals surface area contributed by atoms with E-state index < -0.39 is 28.0 Å². The number of piperazine rings is 1. The number of esters is 1. The smallest absolute Gasteiger partial charge is 0.320 e. The lowest BCUT2D eigenvalue weighted by Gasteiger charge is -2.35. The molecule has 0 spiro atoms. The van der Waals surface area contributed by atoms with Gasteiger partial charge < -0.3 is 9.84 Å². The minimum Gasteiger partial charge on any atom is -0.480 e. The summed E-state index contributed by atoms with van der Waals surface area (Å²) in [6.07, 6.45) is -0.176. The summed E-state index contributed by atoms with van der Waals surface area (Å²) in [4.78, 5) is 23.6. The van der Waals surface area contributed by atoms with E-state index in [-0.39, 0.29) is 25.3 Å². The van der Waals surface area contributed by atoms with Gasteiger partial charge in [-0.2, -0.15) is 4.31 Å². The van der Waals surface area contributed by atoms with Crippen LogP contribution in [0, 0.1) is 0 Å². The average molecular weight is 308 g/mol. The van der Waals surface area contributed by atoms with Crippen molar-refractivity contribution < 1.29 is 27.9 Å². The zero-order valence-corrected chi connectivity index (χ0v) is 12.4. The van der Waals surface area contributed by atoms with Crippen LogP contribution in [0.4, 0.5) is 0 Å². The predicted molar refractivity (Wildman–Crippen MR) is 70.7 cm³/mol. The van der Waals surface area contributed by atoms with Crippen LogP contribution in [0.5, 0.6) is 0 Å². The number of carbonyl (C=O) groups excluding carboxylic acids is 1. The number of ether oxygens (including phenoxy) is 1. The van der Waals surface area contributed by atoms with Crippen molar-refractivity contribution in [1.29, 1.82) is 0 Å². The molecule has 1 unspecified atom stereocenters. The van der Waals surface area contributed by atoms with Gasteiger partial charge in [0, 0.05) is 26.2 Å². The van der Waals surface area contributed by atoms with Gasteiger partial charge in [-0.05, 0) is 6.92 Å². The number of carboxylic acids is 1. The van der Waals surface area contributed by atoms with Crippen LogP contribution in [0.15, 0.2) is 0 Å². The molecular formula is C11H20N2O6S. The first-order valence-electron chi connectivity index (χ1n) is 6.29. The number of carboxylic acid groups (broad SMARTS) is 1. The van der Waals surface area contributed by atoms with Crippen LogP contribution < -0.4 is 0 Å². The third-order valence-electron chi connectivity index (χ3n) is 3.36. The molecule has 0 aliphatic carbocycles. The molecule has 0 bridgehead atoms. The van der Waals surface area contributed by atoms with Gasteiger partial charge in [0.1, 0.15) is 6.04 Å². The zero-order valence-electron chi connectivity index (χ0n) is 11.6. The number of rotatable bonds is 6. The second-order valence-corrected chi connectivity index (χ2v) is 6.68. The van der Waals surface area contributed by atoms with Crippen LogP contribution >= 0.6 is 0 Å². The number of hydrogen-bond donors (Lipinski definition) is 1. The maximum atomic E-state index is 12.0. The minimum absolute atomic E-state index is 0.176. The Labute approximate surface area is 118 Å². The molecule has 1 atom stereocenters. The molecular weight excluding hydrogens is 288 g/mol. The first-order chi connectivity index (χ1) is 9.27. The second-order valence-electron chi connectivity index (χ2n) is 4.59. The molecule has 0 aromatic heterocycles. The van der Waals surface area contributed by atoms with Crippen molar-refractivity contribution in [3.05, 3.63) is 0 Å². The van der Waals surface area contributed by atoms with Gasteiger partial charge in [0.05, 0.1) is 19.3 Å².